The Morgan fingerprint density at radius 3 is 2.49 bits per heavy atom. The van der Waals surface area contributed by atoms with Crippen molar-refractivity contribution in [2.75, 3.05) is 13.7 Å². The van der Waals surface area contributed by atoms with Gasteiger partial charge in [0.05, 0.1) is 28.9 Å². The highest BCUT2D eigenvalue weighted by atomic mass is 35.5. The Labute approximate surface area is 346 Å². The number of alkyl halides is 3. The van der Waals surface area contributed by atoms with E-state index in [0.717, 1.165) is 0 Å². The number of carbonyl (C=O) groups is 4. The summed E-state index contributed by atoms with van der Waals surface area (Å²) in [7, 11) is -2.60. The molecule has 1 saturated heterocycles. The van der Waals surface area contributed by atoms with Gasteiger partial charge in [0.25, 0.3) is 5.91 Å². The molecule has 0 spiro atoms. The lowest BCUT2D eigenvalue weighted by Crippen LogP contribution is -2.60. The van der Waals surface area contributed by atoms with Crippen LogP contribution in [0.5, 0.6) is 11.6 Å². The highest BCUT2D eigenvalue weighted by Crippen LogP contribution is 2.48. The Bertz CT molecular complexity index is 2130. The highest BCUT2D eigenvalue weighted by Gasteiger charge is 2.63. The fourth-order valence-electron chi connectivity index (χ4n) is 7.76. The van der Waals surface area contributed by atoms with Gasteiger partial charge in [-0.2, -0.15) is 13.2 Å². The van der Waals surface area contributed by atoms with Gasteiger partial charge in [-0.25, -0.2) is 18.2 Å². The maximum atomic E-state index is 14.9. The number of rotatable bonds is 9. The number of hydrogen-bond donors (Lipinski definition) is 3. The Morgan fingerprint density at radius 2 is 1.85 bits per heavy atom. The molecule has 3 fully saturated rings. The van der Waals surface area contributed by atoms with Gasteiger partial charge >= 0.3 is 12.3 Å². The lowest BCUT2D eigenvalue weighted by molar-refractivity contribution is -0.244. The van der Waals surface area contributed by atoms with Crippen LogP contribution in [0.25, 0.3) is 10.9 Å². The zero-order valence-corrected chi connectivity index (χ0v) is 35.4. The van der Waals surface area contributed by atoms with Gasteiger partial charge in [-0.1, -0.05) is 44.0 Å². The van der Waals surface area contributed by atoms with E-state index in [9.17, 15) is 40.8 Å². The maximum absolute atomic E-state index is 14.9. The number of sulfonamides is 1. The van der Waals surface area contributed by atoms with Gasteiger partial charge in [0.15, 0.2) is 0 Å². The molecule has 2 saturated carbocycles. The lowest BCUT2D eigenvalue weighted by atomic mass is 9.85. The van der Waals surface area contributed by atoms with Crippen molar-refractivity contribution in [3.63, 3.8) is 0 Å². The van der Waals surface area contributed by atoms with E-state index in [-0.39, 0.29) is 31.2 Å². The number of amides is 4. The summed E-state index contributed by atoms with van der Waals surface area (Å²) in [5.41, 5.74) is -4.11. The molecule has 6 rings (SSSR count). The molecular formula is C40H51ClF3N5O9S. The minimum absolute atomic E-state index is 0.0429. The van der Waals surface area contributed by atoms with Gasteiger partial charge < -0.3 is 29.7 Å². The van der Waals surface area contributed by atoms with Crippen LogP contribution in [0.3, 0.4) is 0 Å². The molecule has 0 bridgehead atoms. The van der Waals surface area contributed by atoms with Crippen LogP contribution in [0.15, 0.2) is 36.4 Å². The molecular weight excluding hydrogens is 819 g/mol. The van der Waals surface area contributed by atoms with Crippen LogP contribution in [-0.2, 0) is 29.1 Å². The van der Waals surface area contributed by atoms with E-state index in [0.29, 0.717) is 74.0 Å². The normalized spacial score (nSPS) is 28.6. The van der Waals surface area contributed by atoms with Crippen molar-refractivity contribution in [1.82, 2.24) is 25.2 Å². The fourth-order valence-corrected chi connectivity index (χ4v) is 9.33. The molecule has 324 valence electrons. The molecule has 4 amide bonds. The van der Waals surface area contributed by atoms with Gasteiger partial charge in [-0.3, -0.25) is 19.1 Å². The number of alkyl carbamates (subject to hydrolysis) is 1. The Hall–Kier alpha value is -4.32. The molecule has 2 aliphatic carbocycles. The van der Waals surface area contributed by atoms with Gasteiger partial charge in [0, 0.05) is 29.9 Å². The molecule has 1 aromatic heterocycles. The van der Waals surface area contributed by atoms with Crippen molar-refractivity contribution in [3.05, 3.63) is 41.4 Å². The number of benzene rings is 1. The molecule has 3 N–H and O–H groups in total. The SMILES string of the molecule is CCC1CC(C)CCC=CC2CC2(C(=O)NS(=O)(=O)C2(C)CC2)NC(=O)C2CC(Oc3cc(Cl)c4ccc(OC)cc4n3)CN2C(=O)C1NC(=O)OC(C)(C)C(F)(F)F. The second-order valence-corrected chi connectivity index (χ2v) is 19.6. The van der Waals surface area contributed by atoms with Gasteiger partial charge in [0.1, 0.15) is 29.5 Å². The first-order valence-electron chi connectivity index (χ1n) is 19.8. The average molecular weight is 870 g/mol. The molecule has 2 aromatic rings. The van der Waals surface area contributed by atoms with E-state index >= 15 is 0 Å². The molecule has 19 heteroatoms. The molecule has 7 atom stereocenters. The molecule has 59 heavy (non-hydrogen) atoms. The van der Waals surface area contributed by atoms with E-state index in [1.54, 1.807) is 31.2 Å². The number of nitrogens with one attached hydrogen (secondary N) is 3. The zero-order chi connectivity index (χ0) is 43.3. The standard InChI is InChI=1S/C40H51ClF3N5O9S/c1-7-23-16-22(2)10-8-9-11-24-20-39(24,35(52)48-59(54,55)38(5)14-15-38)47-33(50)30-18-26(57-31-19-28(41)27-13-12-25(56-6)17-29(27)45-31)21-49(30)34(51)32(23)46-36(53)58-37(3,4)40(42,43)44/h9,11-13,17,19,22-24,26,30,32H,7-8,10,14-16,18,20-21H2,1-6H3,(H,46,53)(H,47,50)(H,48,52). The first kappa shape index (κ1) is 44.2. The maximum Gasteiger partial charge on any atom is 0.427 e. The summed E-state index contributed by atoms with van der Waals surface area (Å²) in [5, 5.41) is 6.11. The van der Waals surface area contributed by atoms with Gasteiger partial charge in [-0.05, 0) is 83.3 Å². The predicted molar refractivity (Wildman–Crippen MR) is 211 cm³/mol. The minimum atomic E-state index is -4.92. The van der Waals surface area contributed by atoms with E-state index in [4.69, 9.17) is 25.8 Å². The number of carbonyl (C=O) groups excluding carboxylic acids is 4. The van der Waals surface area contributed by atoms with Crippen LogP contribution in [0, 0.1) is 17.8 Å². The van der Waals surface area contributed by atoms with E-state index < -0.39 is 85.9 Å². The summed E-state index contributed by atoms with van der Waals surface area (Å²) in [6.07, 6.45) is -1.12. The van der Waals surface area contributed by atoms with E-state index in [1.165, 1.54) is 25.0 Å². The number of pyridine rings is 1. The van der Waals surface area contributed by atoms with Crippen molar-refractivity contribution in [1.29, 1.82) is 0 Å². The largest absolute Gasteiger partial charge is 0.497 e. The number of nitrogens with zero attached hydrogens (tertiary/aromatic N) is 2. The number of hydrogen-bond acceptors (Lipinski definition) is 10. The molecule has 2 aliphatic heterocycles. The third-order valence-electron chi connectivity index (χ3n) is 12.1. The molecule has 14 nitrogen and oxygen atoms in total. The summed E-state index contributed by atoms with van der Waals surface area (Å²) in [6, 6.07) is 3.79. The Balaban J connectivity index is 1.36. The second-order valence-electron chi connectivity index (χ2n) is 17.0. The molecule has 1 aromatic carbocycles. The van der Waals surface area contributed by atoms with Crippen LogP contribution in [-0.4, -0.2) is 96.0 Å². The first-order valence-corrected chi connectivity index (χ1v) is 21.6. The number of ether oxygens (including phenoxy) is 3. The van der Waals surface area contributed by atoms with Crippen molar-refractivity contribution >= 4 is 56.3 Å². The number of halogens is 4. The Kier molecular flexibility index (Phi) is 12.2. The summed E-state index contributed by atoms with van der Waals surface area (Å²) in [4.78, 5) is 62.3. The van der Waals surface area contributed by atoms with Crippen molar-refractivity contribution < 1.29 is 55.0 Å². The Morgan fingerprint density at radius 1 is 1.14 bits per heavy atom. The topological polar surface area (TPSA) is 182 Å². The number of allylic oxidation sites excluding steroid dienone is 1. The second kappa shape index (κ2) is 16.3. The van der Waals surface area contributed by atoms with E-state index in [2.05, 4.69) is 20.3 Å². The average Bonchev–Trinajstić information content (AvgIpc) is 4.03. The monoisotopic (exact) mass is 869 g/mol. The number of aromatic nitrogens is 1. The molecule has 7 unspecified atom stereocenters. The quantitative estimate of drug-likeness (QED) is 0.255. The fraction of sp³-hybridized carbons (Fsp3) is 0.625. The first-order chi connectivity index (χ1) is 27.5. The van der Waals surface area contributed by atoms with Gasteiger partial charge in [0.2, 0.25) is 33.3 Å². The molecule has 0 radical (unpaired) electrons. The molecule has 4 aliphatic rings. The van der Waals surface area contributed by atoms with Crippen molar-refractivity contribution in [3.8, 4) is 11.6 Å². The zero-order valence-electron chi connectivity index (χ0n) is 33.8. The highest BCUT2D eigenvalue weighted by molar-refractivity contribution is 7.91. The number of methoxy groups -OCH3 is 1. The van der Waals surface area contributed by atoms with Gasteiger partial charge in [-0.15, -0.1) is 0 Å². The van der Waals surface area contributed by atoms with Crippen LogP contribution in [0.2, 0.25) is 5.02 Å². The summed E-state index contributed by atoms with van der Waals surface area (Å²) in [5.74, 6) is -3.12. The third kappa shape index (κ3) is 9.22. The van der Waals surface area contributed by atoms with E-state index in [1.807, 2.05) is 13.0 Å². The predicted octanol–water partition coefficient (Wildman–Crippen LogP) is 5.96. The number of fused-ring (bicyclic) bond motifs is 3. The summed E-state index contributed by atoms with van der Waals surface area (Å²) < 4.78 is 85.3. The molecule has 3 heterocycles. The summed E-state index contributed by atoms with van der Waals surface area (Å²) >= 11 is 6.59. The van der Waals surface area contributed by atoms with Crippen LogP contribution in [0.4, 0.5) is 18.0 Å². The minimum Gasteiger partial charge on any atom is -0.497 e. The van der Waals surface area contributed by atoms with Crippen molar-refractivity contribution in [2.45, 2.75) is 126 Å². The third-order valence-corrected chi connectivity index (χ3v) is 14.6. The van der Waals surface area contributed by atoms with Crippen molar-refractivity contribution in [2.24, 2.45) is 17.8 Å². The smallest absolute Gasteiger partial charge is 0.427 e. The van der Waals surface area contributed by atoms with Crippen LogP contribution >= 0.6 is 11.6 Å². The van der Waals surface area contributed by atoms with Crippen LogP contribution in [0.1, 0.15) is 86.0 Å². The lowest BCUT2D eigenvalue weighted by Gasteiger charge is -2.35. The summed E-state index contributed by atoms with van der Waals surface area (Å²) in [6.45, 7) is 6.41. The van der Waals surface area contributed by atoms with Crippen LogP contribution < -0.4 is 24.8 Å².